The number of aliphatic imine (C=N–C) groups is 1. The molecule has 1 aliphatic rings. The minimum Gasteiger partial charge on any atom is -0.484 e. The molecule has 1 aromatic carbocycles. The first-order valence-corrected chi connectivity index (χ1v) is 9.91. The summed E-state index contributed by atoms with van der Waals surface area (Å²) in [6.07, 6.45) is 2.53. The van der Waals surface area contributed by atoms with Gasteiger partial charge in [-0.25, -0.2) is 0 Å². The highest BCUT2D eigenvalue weighted by Gasteiger charge is 2.29. The number of guanidine groups is 1. The lowest BCUT2D eigenvalue weighted by Gasteiger charge is -2.24. The number of benzene rings is 1. The Morgan fingerprint density at radius 1 is 1.37 bits per heavy atom. The van der Waals surface area contributed by atoms with Crippen LogP contribution >= 0.6 is 35.7 Å². The van der Waals surface area contributed by atoms with E-state index in [4.69, 9.17) is 4.74 Å². The maximum absolute atomic E-state index is 11.6. The predicted octanol–water partition coefficient (Wildman–Crippen LogP) is 2.72. The van der Waals surface area contributed by atoms with Crippen molar-refractivity contribution in [2.24, 2.45) is 4.99 Å². The molecule has 1 aliphatic heterocycles. The fraction of sp³-hybridized carbons (Fsp3) is 0.579. The summed E-state index contributed by atoms with van der Waals surface area (Å²) in [7, 11) is 5.22. The fourth-order valence-corrected chi connectivity index (χ4v) is 3.92. The zero-order valence-electron chi connectivity index (χ0n) is 16.6. The molecule has 1 atom stereocenters. The van der Waals surface area contributed by atoms with Crippen LogP contribution in [0, 0.1) is 0 Å². The third kappa shape index (κ3) is 8.16. The summed E-state index contributed by atoms with van der Waals surface area (Å²) in [6, 6.07) is 7.75. The lowest BCUT2D eigenvalue weighted by Crippen LogP contribution is -2.43. The maximum Gasteiger partial charge on any atom is 0.259 e. The first kappa shape index (κ1) is 23.9. The molecule has 0 spiro atoms. The number of amides is 1. The van der Waals surface area contributed by atoms with Crippen LogP contribution in [0.25, 0.3) is 0 Å². The van der Waals surface area contributed by atoms with Gasteiger partial charge in [0, 0.05) is 39.0 Å². The Bertz CT molecular complexity index is 634. The van der Waals surface area contributed by atoms with E-state index >= 15 is 0 Å². The minimum atomic E-state index is -0.0589. The summed E-state index contributed by atoms with van der Waals surface area (Å²) in [5.74, 6) is 2.68. The van der Waals surface area contributed by atoms with Gasteiger partial charge in [-0.05, 0) is 43.2 Å². The molecule has 1 aromatic rings. The van der Waals surface area contributed by atoms with Gasteiger partial charge in [-0.15, -0.1) is 24.0 Å². The molecule has 1 amide bonds. The van der Waals surface area contributed by atoms with Crippen molar-refractivity contribution in [2.75, 3.05) is 40.0 Å². The van der Waals surface area contributed by atoms with Crippen LogP contribution in [-0.4, -0.2) is 61.6 Å². The Balaban J connectivity index is 0.00000364. The van der Waals surface area contributed by atoms with E-state index in [0.717, 1.165) is 18.1 Å². The van der Waals surface area contributed by atoms with E-state index in [2.05, 4.69) is 22.5 Å². The molecule has 6 nitrogen and oxygen atoms in total. The Morgan fingerprint density at radius 2 is 2.15 bits per heavy atom. The molecule has 152 valence electrons. The number of rotatable bonds is 7. The quantitative estimate of drug-likeness (QED) is 0.338. The highest BCUT2D eigenvalue weighted by molar-refractivity contribution is 14.0. The van der Waals surface area contributed by atoms with Crippen LogP contribution < -0.4 is 15.4 Å². The summed E-state index contributed by atoms with van der Waals surface area (Å²) in [5.41, 5.74) is 1.07. The second-order valence-electron chi connectivity index (χ2n) is 6.91. The molecule has 1 saturated heterocycles. The number of likely N-dealkylation sites (N-methyl/N-ethyl adjacent to an activating group) is 1. The Hall–Kier alpha value is -1.16. The van der Waals surface area contributed by atoms with E-state index in [9.17, 15) is 4.79 Å². The van der Waals surface area contributed by atoms with Gasteiger partial charge in [0.05, 0.1) is 0 Å². The van der Waals surface area contributed by atoms with Crippen LogP contribution in [0.3, 0.4) is 0 Å². The normalized spacial score (nSPS) is 19.2. The van der Waals surface area contributed by atoms with Crippen LogP contribution in [0.15, 0.2) is 29.3 Å². The third-order valence-corrected chi connectivity index (χ3v) is 5.91. The van der Waals surface area contributed by atoms with Crippen molar-refractivity contribution in [2.45, 2.75) is 31.1 Å². The van der Waals surface area contributed by atoms with Crippen molar-refractivity contribution in [1.82, 2.24) is 15.5 Å². The molecule has 27 heavy (non-hydrogen) atoms. The average Bonchev–Trinajstić information content (AvgIpc) is 3.07. The van der Waals surface area contributed by atoms with Crippen LogP contribution in [0.1, 0.15) is 25.3 Å². The van der Waals surface area contributed by atoms with E-state index in [1.807, 2.05) is 36.0 Å². The number of thioether (sulfide) groups is 1. The number of nitrogens with zero attached hydrogens (tertiary/aromatic N) is 2. The van der Waals surface area contributed by atoms with Gasteiger partial charge in [0.2, 0.25) is 0 Å². The highest BCUT2D eigenvalue weighted by atomic mass is 127. The van der Waals surface area contributed by atoms with Crippen LogP contribution in [0.5, 0.6) is 5.75 Å². The molecular weight excluding hydrogens is 475 g/mol. The Labute approximate surface area is 183 Å². The second-order valence-corrected chi connectivity index (χ2v) is 8.59. The minimum absolute atomic E-state index is 0. The first-order chi connectivity index (χ1) is 12.4. The van der Waals surface area contributed by atoms with Gasteiger partial charge < -0.3 is 20.3 Å². The number of carbonyl (C=O) groups is 1. The van der Waals surface area contributed by atoms with Crippen molar-refractivity contribution in [1.29, 1.82) is 0 Å². The molecule has 1 unspecified atom stereocenters. The largest absolute Gasteiger partial charge is 0.484 e. The lowest BCUT2D eigenvalue weighted by atomic mass is 10.1. The molecule has 0 radical (unpaired) electrons. The number of halogens is 1. The average molecular weight is 506 g/mol. The number of nitrogens with one attached hydrogen (secondary N) is 2. The molecule has 1 heterocycles. The van der Waals surface area contributed by atoms with Gasteiger partial charge in [-0.3, -0.25) is 9.79 Å². The molecule has 0 saturated carbocycles. The first-order valence-electron chi connectivity index (χ1n) is 8.92. The van der Waals surface area contributed by atoms with Crippen molar-refractivity contribution >= 4 is 47.6 Å². The topological polar surface area (TPSA) is 66.0 Å². The van der Waals surface area contributed by atoms with E-state index in [-0.39, 0.29) is 36.5 Å². The lowest BCUT2D eigenvalue weighted by molar-refractivity contribution is -0.130. The smallest absolute Gasteiger partial charge is 0.259 e. The van der Waals surface area contributed by atoms with Gasteiger partial charge >= 0.3 is 0 Å². The monoisotopic (exact) mass is 506 g/mol. The number of hydrogen-bond donors (Lipinski definition) is 2. The summed E-state index contributed by atoms with van der Waals surface area (Å²) < 4.78 is 5.86. The SMILES string of the molecule is CN=C(NCc1cccc(OCC(=O)N(C)C)c1)NCC1(C)CCCS1.I. The molecule has 0 aromatic heterocycles. The molecule has 1 fully saturated rings. The number of carbonyl (C=O) groups excluding carboxylic acids is 1. The van der Waals surface area contributed by atoms with Crippen molar-refractivity contribution in [3.05, 3.63) is 29.8 Å². The molecule has 0 aliphatic carbocycles. The summed E-state index contributed by atoms with van der Waals surface area (Å²) in [4.78, 5) is 17.4. The summed E-state index contributed by atoms with van der Waals surface area (Å²) >= 11 is 2.03. The van der Waals surface area contributed by atoms with Gasteiger partial charge in [-0.2, -0.15) is 11.8 Å². The molecular formula is C19H31IN4O2S. The number of ether oxygens (including phenoxy) is 1. The van der Waals surface area contributed by atoms with Gasteiger partial charge in [0.25, 0.3) is 5.91 Å². The molecule has 2 rings (SSSR count). The fourth-order valence-electron chi connectivity index (χ4n) is 2.67. The summed E-state index contributed by atoms with van der Waals surface area (Å²) in [5, 5.41) is 6.76. The number of hydrogen-bond acceptors (Lipinski definition) is 4. The van der Waals surface area contributed by atoms with E-state index in [1.165, 1.54) is 23.5 Å². The van der Waals surface area contributed by atoms with Crippen LogP contribution in [0.4, 0.5) is 0 Å². The van der Waals surface area contributed by atoms with Crippen LogP contribution in [0.2, 0.25) is 0 Å². The van der Waals surface area contributed by atoms with E-state index in [1.54, 1.807) is 21.1 Å². The maximum atomic E-state index is 11.6. The highest BCUT2D eigenvalue weighted by Crippen LogP contribution is 2.36. The van der Waals surface area contributed by atoms with Crippen molar-refractivity contribution in [3.8, 4) is 5.75 Å². The van der Waals surface area contributed by atoms with Gasteiger partial charge in [0.1, 0.15) is 5.75 Å². The van der Waals surface area contributed by atoms with Crippen LogP contribution in [-0.2, 0) is 11.3 Å². The van der Waals surface area contributed by atoms with Gasteiger partial charge in [0.15, 0.2) is 12.6 Å². The molecule has 2 N–H and O–H groups in total. The Kier molecular flexibility index (Phi) is 10.3. The Morgan fingerprint density at radius 3 is 2.78 bits per heavy atom. The second kappa shape index (κ2) is 11.6. The summed E-state index contributed by atoms with van der Waals surface area (Å²) in [6.45, 7) is 3.90. The molecule has 0 bridgehead atoms. The van der Waals surface area contributed by atoms with E-state index in [0.29, 0.717) is 17.0 Å². The molecule has 8 heteroatoms. The standard InChI is InChI=1S/C19H30N4O2S.HI/c1-19(9-6-10-26-19)14-22-18(20-2)21-12-15-7-5-8-16(11-15)25-13-17(24)23(3)4;/h5,7-8,11H,6,9-10,12-14H2,1-4H3,(H2,20,21,22);1H. The van der Waals surface area contributed by atoms with Gasteiger partial charge in [-0.1, -0.05) is 12.1 Å². The third-order valence-electron chi connectivity index (χ3n) is 4.37. The zero-order chi connectivity index (χ0) is 19.0. The van der Waals surface area contributed by atoms with Crippen molar-refractivity contribution < 1.29 is 9.53 Å². The zero-order valence-corrected chi connectivity index (χ0v) is 19.7. The van der Waals surface area contributed by atoms with Crippen molar-refractivity contribution in [3.63, 3.8) is 0 Å². The predicted molar refractivity (Wildman–Crippen MR) is 124 cm³/mol. The van der Waals surface area contributed by atoms with E-state index < -0.39 is 0 Å².